The summed E-state index contributed by atoms with van der Waals surface area (Å²) in [4.78, 5) is 29.0. The van der Waals surface area contributed by atoms with Gasteiger partial charge in [-0.2, -0.15) is 0 Å². The van der Waals surface area contributed by atoms with Crippen molar-refractivity contribution in [2.24, 2.45) is 0 Å². The number of imidazole rings is 1. The van der Waals surface area contributed by atoms with E-state index >= 15 is 0 Å². The van der Waals surface area contributed by atoms with Crippen molar-refractivity contribution in [3.05, 3.63) is 60.9 Å². The second-order valence-electron chi connectivity index (χ2n) is 6.48. The Bertz CT molecular complexity index is 1050. The van der Waals surface area contributed by atoms with Crippen LogP contribution < -0.4 is 20.1 Å². The van der Waals surface area contributed by atoms with E-state index in [-0.39, 0.29) is 0 Å². The number of carbonyl (C=O) groups excluding carboxylic acids is 2. The lowest BCUT2D eigenvalue weighted by Crippen LogP contribution is -2.39. The quantitative estimate of drug-likeness (QED) is 0.609. The lowest BCUT2D eigenvalue weighted by molar-refractivity contribution is -0.119. The van der Waals surface area contributed by atoms with Crippen LogP contribution in [-0.4, -0.2) is 40.0 Å². The van der Waals surface area contributed by atoms with E-state index in [1.54, 1.807) is 31.3 Å². The average molecular weight is 424 g/mol. The second kappa shape index (κ2) is 8.91. The predicted octanol–water partition coefficient (Wildman–Crippen LogP) is 3.47. The highest BCUT2D eigenvalue weighted by molar-refractivity contribution is 8.00. The number of para-hydroxylation sites is 1. The van der Waals surface area contributed by atoms with Crippen molar-refractivity contribution >= 4 is 29.4 Å². The molecule has 1 aliphatic rings. The van der Waals surface area contributed by atoms with Gasteiger partial charge in [-0.1, -0.05) is 30.0 Å². The smallest absolute Gasteiger partial charge is 0.325 e. The molecular formula is C21H20N4O4S. The van der Waals surface area contributed by atoms with Crippen LogP contribution >= 0.6 is 11.8 Å². The number of hydrogen-bond acceptors (Lipinski definition) is 6. The highest BCUT2D eigenvalue weighted by atomic mass is 32.2. The molecule has 2 heterocycles. The molecule has 154 valence electrons. The summed E-state index contributed by atoms with van der Waals surface area (Å²) in [5.41, 5.74) is 1.45. The van der Waals surface area contributed by atoms with Crippen molar-refractivity contribution in [1.82, 2.24) is 14.9 Å². The fourth-order valence-corrected chi connectivity index (χ4v) is 3.75. The number of anilines is 1. The molecular weight excluding hydrogens is 404 g/mol. The fourth-order valence-electron chi connectivity index (χ4n) is 2.87. The minimum Gasteiger partial charge on any atom is -0.486 e. The van der Waals surface area contributed by atoms with E-state index in [4.69, 9.17) is 9.47 Å². The maximum absolute atomic E-state index is 12.5. The van der Waals surface area contributed by atoms with E-state index in [0.717, 1.165) is 5.69 Å². The number of urea groups is 1. The molecule has 1 aliphatic heterocycles. The van der Waals surface area contributed by atoms with Gasteiger partial charge in [-0.15, -0.1) is 0 Å². The third kappa shape index (κ3) is 4.57. The maximum atomic E-state index is 12.5. The van der Waals surface area contributed by atoms with Gasteiger partial charge < -0.3 is 14.8 Å². The zero-order valence-corrected chi connectivity index (χ0v) is 17.0. The topological polar surface area (TPSA) is 94.5 Å². The lowest BCUT2D eigenvalue weighted by atomic mass is 10.2. The van der Waals surface area contributed by atoms with Gasteiger partial charge in [0, 0.05) is 29.8 Å². The molecule has 0 unspecified atom stereocenters. The van der Waals surface area contributed by atoms with Crippen molar-refractivity contribution in [2.45, 2.75) is 17.3 Å². The van der Waals surface area contributed by atoms with Crippen LogP contribution in [0.15, 0.2) is 66.1 Å². The van der Waals surface area contributed by atoms with Crippen LogP contribution in [0.3, 0.4) is 0 Å². The lowest BCUT2D eigenvalue weighted by Gasteiger charge is -2.19. The number of thioether (sulfide) groups is 1. The Morgan fingerprint density at radius 1 is 1.10 bits per heavy atom. The molecule has 8 nitrogen and oxygen atoms in total. The summed E-state index contributed by atoms with van der Waals surface area (Å²) in [5.74, 6) is 0.766. The van der Waals surface area contributed by atoms with Gasteiger partial charge in [-0.3, -0.25) is 14.7 Å². The van der Waals surface area contributed by atoms with Gasteiger partial charge in [0.2, 0.25) is 5.91 Å². The molecule has 0 radical (unpaired) electrons. The molecule has 3 amide bonds. The zero-order chi connectivity index (χ0) is 20.9. The third-order valence-electron chi connectivity index (χ3n) is 4.33. The van der Waals surface area contributed by atoms with Crippen molar-refractivity contribution in [1.29, 1.82) is 0 Å². The van der Waals surface area contributed by atoms with Crippen LogP contribution in [0, 0.1) is 0 Å². The van der Waals surface area contributed by atoms with E-state index in [9.17, 15) is 9.59 Å². The van der Waals surface area contributed by atoms with Crippen molar-refractivity contribution in [3.8, 4) is 17.2 Å². The van der Waals surface area contributed by atoms with Crippen molar-refractivity contribution < 1.29 is 19.1 Å². The number of nitrogens with zero attached hydrogens (tertiary/aromatic N) is 2. The molecule has 3 aromatic rings. The minimum atomic E-state index is -0.615. The van der Waals surface area contributed by atoms with E-state index in [1.807, 2.05) is 41.1 Å². The van der Waals surface area contributed by atoms with Gasteiger partial charge in [-0.25, -0.2) is 9.78 Å². The standard InChI is InChI=1S/C21H20N4O4S/c1-14(30-21-22-9-10-25(21)16-5-3-2-4-6-16)19(26)24-20(27)23-15-7-8-17-18(13-15)29-12-11-28-17/h2-10,13-14H,11-12H2,1H3,(H2,23,24,26,27)/t14-/m0/s1. The third-order valence-corrected chi connectivity index (χ3v) is 5.41. The summed E-state index contributed by atoms with van der Waals surface area (Å²) >= 11 is 1.27. The molecule has 0 bridgehead atoms. The molecule has 30 heavy (non-hydrogen) atoms. The first kappa shape index (κ1) is 19.8. The van der Waals surface area contributed by atoms with Crippen LogP contribution in [0.2, 0.25) is 0 Å². The van der Waals surface area contributed by atoms with Crippen LogP contribution in [0.4, 0.5) is 10.5 Å². The summed E-state index contributed by atoms with van der Waals surface area (Å²) in [5, 5.41) is 5.13. The Labute approximate surface area is 177 Å². The van der Waals surface area contributed by atoms with Gasteiger partial charge in [0.15, 0.2) is 16.7 Å². The van der Waals surface area contributed by atoms with E-state index < -0.39 is 17.2 Å². The monoisotopic (exact) mass is 424 g/mol. The zero-order valence-electron chi connectivity index (χ0n) is 16.2. The van der Waals surface area contributed by atoms with E-state index in [2.05, 4.69) is 15.6 Å². The first-order chi connectivity index (χ1) is 14.6. The number of benzene rings is 2. The molecule has 0 spiro atoms. The first-order valence-electron chi connectivity index (χ1n) is 9.37. The highest BCUT2D eigenvalue weighted by Crippen LogP contribution is 2.32. The molecule has 0 fully saturated rings. The Morgan fingerprint density at radius 3 is 2.67 bits per heavy atom. The van der Waals surface area contributed by atoms with Crippen molar-refractivity contribution in [2.75, 3.05) is 18.5 Å². The Kier molecular flexibility index (Phi) is 5.89. The van der Waals surface area contributed by atoms with Crippen LogP contribution in [0.25, 0.3) is 5.69 Å². The molecule has 9 heteroatoms. The SMILES string of the molecule is C[C@H](Sc1nccn1-c1ccccc1)C(=O)NC(=O)Nc1ccc2c(c1)OCCO2. The number of carbonyl (C=O) groups is 2. The van der Waals surface area contributed by atoms with Gasteiger partial charge >= 0.3 is 6.03 Å². The van der Waals surface area contributed by atoms with E-state index in [0.29, 0.717) is 35.6 Å². The number of aromatic nitrogens is 2. The largest absolute Gasteiger partial charge is 0.486 e. The molecule has 1 atom stereocenters. The highest BCUT2D eigenvalue weighted by Gasteiger charge is 2.20. The number of imide groups is 1. The minimum absolute atomic E-state index is 0.419. The van der Waals surface area contributed by atoms with Gasteiger partial charge in [0.1, 0.15) is 13.2 Å². The van der Waals surface area contributed by atoms with Crippen molar-refractivity contribution in [3.63, 3.8) is 0 Å². The van der Waals surface area contributed by atoms with Crippen LogP contribution in [0.5, 0.6) is 11.5 Å². The summed E-state index contributed by atoms with van der Waals surface area (Å²) in [6, 6.07) is 14.2. The normalized spacial score (nSPS) is 13.4. The Morgan fingerprint density at radius 2 is 1.87 bits per heavy atom. The Balaban J connectivity index is 1.35. The summed E-state index contributed by atoms with van der Waals surface area (Å²) in [7, 11) is 0. The second-order valence-corrected chi connectivity index (χ2v) is 7.79. The molecule has 1 aromatic heterocycles. The number of rotatable bonds is 5. The first-order valence-corrected chi connectivity index (χ1v) is 10.2. The van der Waals surface area contributed by atoms with Crippen LogP contribution in [-0.2, 0) is 4.79 Å². The molecule has 0 saturated heterocycles. The number of hydrogen-bond donors (Lipinski definition) is 2. The fraction of sp³-hybridized carbons (Fsp3) is 0.190. The summed E-state index contributed by atoms with van der Waals surface area (Å²) < 4.78 is 12.8. The van der Waals surface area contributed by atoms with Gasteiger partial charge in [-0.05, 0) is 31.2 Å². The molecule has 2 N–H and O–H groups in total. The maximum Gasteiger partial charge on any atom is 0.325 e. The average Bonchev–Trinajstić information content (AvgIpc) is 3.22. The number of ether oxygens (including phenoxy) is 2. The predicted molar refractivity (Wildman–Crippen MR) is 113 cm³/mol. The summed E-state index contributed by atoms with van der Waals surface area (Å²) in [6.45, 7) is 2.67. The molecule has 0 saturated carbocycles. The summed E-state index contributed by atoms with van der Waals surface area (Å²) in [6.07, 6.45) is 3.51. The Hall–Kier alpha value is -3.46. The number of amides is 3. The molecule has 4 rings (SSSR count). The van der Waals surface area contributed by atoms with Crippen LogP contribution in [0.1, 0.15) is 6.92 Å². The van der Waals surface area contributed by atoms with Gasteiger partial charge in [0.05, 0.1) is 5.25 Å². The van der Waals surface area contributed by atoms with E-state index in [1.165, 1.54) is 11.8 Å². The molecule has 0 aliphatic carbocycles. The van der Waals surface area contributed by atoms with Gasteiger partial charge in [0.25, 0.3) is 0 Å². The molecule has 2 aromatic carbocycles. The number of nitrogens with one attached hydrogen (secondary N) is 2. The number of fused-ring (bicyclic) bond motifs is 1.